The molecular formula is C18H21N5O2. The predicted molar refractivity (Wildman–Crippen MR) is 92.4 cm³/mol. The summed E-state index contributed by atoms with van der Waals surface area (Å²) in [6.07, 6.45) is 3.09. The topological polar surface area (TPSA) is 95.1 Å². The number of hydrogen-bond acceptors (Lipinski definition) is 6. The lowest BCUT2D eigenvalue weighted by molar-refractivity contribution is 0.0902. The van der Waals surface area contributed by atoms with Crippen LogP contribution in [0.5, 0.6) is 0 Å². The molecule has 0 radical (unpaired) electrons. The quantitative estimate of drug-likeness (QED) is 0.921. The number of aryl methyl sites for hydroxylation is 2. The lowest BCUT2D eigenvalue weighted by Gasteiger charge is -2.33. The first kappa shape index (κ1) is 17.0. The highest BCUT2D eigenvalue weighted by atomic mass is 16.3. The molecule has 1 saturated heterocycles. The molecule has 25 heavy (non-hydrogen) atoms. The van der Waals surface area contributed by atoms with E-state index in [1.807, 2.05) is 20.8 Å². The zero-order chi connectivity index (χ0) is 18.0. The van der Waals surface area contributed by atoms with Crippen molar-refractivity contribution in [3.05, 3.63) is 40.5 Å². The highest BCUT2D eigenvalue weighted by Gasteiger charge is 2.25. The number of nitrogens with zero attached hydrogens (tertiary/aromatic N) is 4. The fourth-order valence-electron chi connectivity index (χ4n) is 3.04. The van der Waals surface area contributed by atoms with Crippen molar-refractivity contribution in [1.29, 1.82) is 5.26 Å². The molecule has 0 unspecified atom stereocenters. The number of carbonyl (C=O) groups excluding carboxylic acids is 1. The van der Waals surface area contributed by atoms with Crippen LogP contribution in [0.1, 0.15) is 45.8 Å². The molecule has 1 aliphatic heterocycles. The van der Waals surface area contributed by atoms with Gasteiger partial charge in [0, 0.05) is 24.7 Å². The van der Waals surface area contributed by atoms with E-state index in [4.69, 9.17) is 4.42 Å². The SMILES string of the molecule is Cc1ccoc1C(=O)NC1CCN(c2nnc(C)c(C)c2C#N)CC1. The Hall–Kier alpha value is -2.88. The zero-order valence-electron chi connectivity index (χ0n) is 14.7. The summed E-state index contributed by atoms with van der Waals surface area (Å²) < 4.78 is 5.24. The number of piperidine rings is 1. The largest absolute Gasteiger partial charge is 0.459 e. The van der Waals surface area contributed by atoms with Gasteiger partial charge < -0.3 is 14.6 Å². The first-order valence-corrected chi connectivity index (χ1v) is 8.35. The van der Waals surface area contributed by atoms with Crippen molar-refractivity contribution in [3.8, 4) is 6.07 Å². The van der Waals surface area contributed by atoms with Gasteiger partial charge in [-0.3, -0.25) is 4.79 Å². The van der Waals surface area contributed by atoms with Gasteiger partial charge in [0.1, 0.15) is 11.6 Å². The number of furan rings is 1. The highest BCUT2D eigenvalue weighted by molar-refractivity contribution is 5.93. The van der Waals surface area contributed by atoms with E-state index < -0.39 is 0 Å². The van der Waals surface area contributed by atoms with Crippen molar-refractivity contribution in [3.63, 3.8) is 0 Å². The summed E-state index contributed by atoms with van der Waals surface area (Å²) in [5, 5.41) is 20.8. The zero-order valence-corrected chi connectivity index (χ0v) is 14.7. The molecule has 1 N–H and O–H groups in total. The molecule has 0 saturated carbocycles. The van der Waals surface area contributed by atoms with Gasteiger partial charge >= 0.3 is 0 Å². The molecule has 1 amide bonds. The first-order chi connectivity index (χ1) is 12.0. The number of carbonyl (C=O) groups is 1. The van der Waals surface area contributed by atoms with E-state index >= 15 is 0 Å². The molecule has 2 aromatic rings. The van der Waals surface area contributed by atoms with Crippen LogP contribution in [0.15, 0.2) is 16.7 Å². The molecule has 7 heteroatoms. The molecule has 1 fully saturated rings. The average Bonchev–Trinajstić information content (AvgIpc) is 3.04. The second-order valence-electron chi connectivity index (χ2n) is 6.39. The van der Waals surface area contributed by atoms with Crippen LogP contribution in [0.25, 0.3) is 0 Å². The molecule has 0 spiro atoms. The number of nitrogens with one attached hydrogen (secondary N) is 1. The van der Waals surface area contributed by atoms with Crippen LogP contribution in [-0.2, 0) is 0 Å². The van der Waals surface area contributed by atoms with E-state index in [0.29, 0.717) is 30.2 Å². The fourth-order valence-corrected chi connectivity index (χ4v) is 3.04. The van der Waals surface area contributed by atoms with E-state index in [1.54, 1.807) is 6.07 Å². The third-order valence-corrected chi connectivity index (χ3v) is 4.75. The van der Waals surface area contributed by atoms with Crippen LogP contribution in [0.2, 0.25) is 0 Å². The summed E-state index contributed by atoms with van der Waals surface area (Å²) in [5.74, 6) is 0.830. The molecule has 7 nitrogen and oxygen atoms in total. The smallest absolute Gasteiger partial charge is 0.287 e. The Morgan fingerprint density at radius 2 is 2.04 bits per heavy atom. The van der Waals surface area contributed by atoms with Gasteiger partial charge in [-0.25, -0.2) is 0 Å². The van der Waals surface area contributed by atoms with Gasteiger partial charge in [-0.05, 0) is 45.2 Å². The Bertz CT molecular complexity index is 828. The van der Waals surface area contributed by atoms with Crippen molar-refractivity contribution in [2.24, 2.45) is 0 Å². The minimum absolute atomic E-state index is 0.0818. The summed E-state index contributed by atoms with van der Waals surface area (Å²) in [5.41, 5.74) is 3.06. The molecule has 0 atom stereocenters. The standard InChI is InChI=1S/C18H21N5O2/c1-11-6-9-25-16(11)18(24)20-14-4-7-23(8-5-14)17-15(10-19)12(2)13(3)21-22-17/h6,9,14H,4-5,7-8H2,1-3H3,(H,20,24). The second-order valence-corrected chi connectivity index (χ2v) is 6.39. The van der Waals surface area contributed by atoms with E-state index in [9.17, 15) is 10.1 Å². The van der Waals surface area contributed by atoms with Crippen molar-refractivity contribution in [2.75, 3.05) is 18.0 Å². The van der Waals surface area contributed by atoms with Gasteiger partial charge in [0.2, 0.25) is 0 Å². The van der Waals surface area contributed by atoms with Crippen LogP contribution in [0.4, 0.5) is 5.82 Å². The predicted octanol–water partition coefficient (Wildman–Crippen LogP) is 2.27. The van der Waals surface area contributed by atoms with Crippen LogP contribution in [0.3, 0.4) is 0 Å². The maximum absolute atomic E-state index is 12.2. The van der Waals surface area contributed by atoms with E-state index in [0.717, 1.165) is 29.7 Å². The fraction of sp³-hybridized carbons (Fsp3) is 0.444. The summed E-state index contributed by atoms with van der Waals surface area (Å²) >= 11 is 0. The first-order valence-electron chi connectivity index (χ1n) is 8.35. The Kier molecular flexibility index (Phi) is 4.70. The number of hydrogen-bond donors (Lipinski definition) is 1. The van der Waals surface area contributed by atoms with E-state index in [2.05, 4.69) is 26.5 Å². The molecule has 2 aromatic heterocycles. The monoisotopic (exact) mass is 339 g/mol. The minimum atomic E-state index is -0.176. The van der Waals surface area contributed by atoms with Gasteiger partial charge in [0.25, 0.3) is 5.91 Å². The van der Waals surface area contributed by atoms with Crippen LogP contribution < -0.4 is 10.2 Å². The Labute approximate surface area is 146 Å². The molecule has 0 bridgehead atoms. The number of rotatable bonds is 3. The Morgan fingerprint density at radius 3 is 2.64 bits per heavy atom. The molecule has 1 aliphatic rings. The molecular weight excluding hydrogens is 318 g/mol. The summed E-state index contributed by atoms with van der Waals surface area (Å²) in [7, 11) is 0. The minimum Gasteiger partial charge on any atom is -0.459 e. The number of amides is 1. The van der Waals surface area contributed by atoms with Crippen molar-refractivity contribution in [2.45, 2.75) is 39.7 Å². The third kappa shape index (κ3) is 3.33. The van der Waals surface area contributed by atoms with Gasteiger partial charge in [0.15, 0.2) is 11.6 Å². The maximum Gasteiger partial charge on any atom is 0.287 e. The van der Waals surface area contributed by atoms with Crippen molar-refractivity contribution >= 4 is 11.7 Å². The van der Waals surface area contributed by atoms with Crippen LogP contribution in [-0.4, -0.2) is 35.2 Å². The highest BCUT2D eigenvalue weighted by Crippen LogP contribution is 2.24. The van der Waals surface area contributed by atoms with Gasteiger partial charge in [-0.2, -0.15) is 10.4 Å². The van der Waals surface area contributed by atoms with Crippen molar-refractivity contribution < 1.29 is 9.21 Å². The maximum atomic E-state index is 12.2. The molecule has 0 aliphatic carbocycles. The normalized spacial score (nSPS) is 15.0. The molecule has 3 heterocycles. The van der Waals surface area contributed by atoms with E-state index in [1.165, 1.54) is 6.26 Å². The summed E-state index contributed by atoms with van der Waals surface area (Å²) in [4.78, 5) is 14.3. The van der Waals surface area contributed by atoms with Gasteiger partial charge in [-0.15, -0.1) is 5.10 Å². The van der Waals surface area contributed by atoms with Crippen LogP contribution in [0, 0.1) is 32.1 Å². The second kappa shape index (κ2) is 6.93. The van der Waals surface area contributed by atoms with Gasteiger partial charge in [-0.1, -0.05) is 0 Å². The van der Waals surface area contributed by atoms with Crippen molar-refractivity contribution in [1.82, 2.24) is 15.5 Å². The third-order valence-electron chi connectivity index (χ3n) is 4.75. The number of aromatic nitrogens is 2. The molecule has 130 valence electrons. The summed E-state index contributed by atoms with van der Waals surface area (Å²) in [6.45, 7) is 7.03. The van der Waals surface area contributed by atoms with Gasteiger partial charge in [0.05, 0.1) is 12.0 Å². The lowest BCUT2D eigenvalue weighted by Crippen LogP contribution is -2.45. The lowest BCUT2D eigenvalue weighted by atomic mass is 10.0. The van der Waals surface area contributed by atoms with Crippen LogP contribution >= 0.6 is 0 Å². The van der Waals surface area contributed by atoms with E-state index in [-0.39, 0.29) is 11.9 Å². The number of nitriles is 1. The Morgan fingerprint density at radius 1 is 1.32 bits per heavy atom. The molecule has 3 rings (SSSR count). The Balaban J connectivity index is 1.65. The summed E-state index contributed by atoms with van der Waals surface area (Å²) in [6, 6.07) is 4.10. The number of anilines is 1. The average molecular weight is 339 g/mol. The molecule has 0 aromatic carbocycles.